The topological polar surface area (TPSA) is 3.24 Å². The van der Waals surface area contributed by atoms with Crippen molar-refractivity contribution in [3.05, 3.63) is 59.7 Å². The molecule has 116 valence electrons. The summed E-state index contributed by atoms with van der Waals surface area (Å²) < 4.78 is 0. The third kappa shape index (κ3) is 3.74. The summed E-state index contributed by atoms with van der Waals surface area (Å²) in [4.78, 5) is 2.24. The van der Waals surface area contributed by atoms with Crippen LogP contribution in [0.4, 0.5) is 11.4 Å². The van der Waals surface area contributed by atoms with Gasteiger partial charge >= 0.3 is 0 Å². The number of nitrogens with zero attached hydrogens (tertiary/aromatic N) is 1. The molecule has 0 saturated carbocycles. The quantitative estimate of drug-likeness (QED) is 0.707. The number of rotatable bonds is 2. The van der Waals surface area contributed by atoms with Crippen molar-refractivity contribution in [3.63, 3.8) is 0 Å². The largest absolute Gasteiger partial charge is 0.394 e. The van der Waals surface area contributed by atoms with Gasteiger partial charge in [0.05, 0.1) is 0 Å². The zero-order valence-electron chi connectivity index (χ0n) is 15.1. The Balaban J connectivity index is 2.23. The summed E-state index contributed by atoms with van der Waals surface area (Å²) in [7, 11) is 2.12. The number of hydrogen-bond donors (Lipinski definition) is 0. The van der Waals surface area contributed by atoms with Gasteiger partial charge in [0.15, 0.2) is 0 Å². The highest BCUT2D eigenvalue weighted by molar-refractivity contribution is 6.22. The first-order valence-corrected chi connectivity index (χ1v) is 8.04. The molecule has 22 heavy (non-hydrogen) atoms. The van der Waals surface area contributed by atoms with E-state index in [1.165, 1.54) is 22.5 Å². The Labute approximate surface area is 136 Å². The van der Waals surface area contributed by atoms with Crippen molar-refractivity contribution < 1.29 is 0 Å². The SMILES string of the molecule is BN(c1ccc(C(C)(C)C)cc1)c1ccc(C(C)(C)C)cc1. The van der Waals surface area contributed by atoms with Crippen molar-refractivity contribution in [2.45, 2.75) is 52.4 Å². The molecule has 0 fully saturated rings. The first-order chi connectivity index (χ1) is 10.1. The Hall–Kier alpha value is -1.70. The van der Waals surface area contributed by atoms with Gasteiger partial charge in [-0.3, -0.25) is 0 Å². The molecule has 0 spiro atoms. The normalized spacial score (nSPS) is 12.3. The maximum atomic E-state index is 2.25. The summed E-state index contributed by atoms with van der Waals surface area (Å²) in [6.07, 6.45) is 0. The molecule has 0 saturated heterocycles. The first kappa shape index (κ1) is 16.7. The molecular weight excluding hydrogens is 265 g/mol. The van der Waals surface area contributed by atoms with E-state index in [1.807, 2.05) is 0 Å². The summed E-state index contributed by atoms with van der Waals surface area (Å²) in [6.45, 7) is 13.5. The Morgan fingerprint density at radius 2 is 0.864 bits per heavy atom. The predicted molar refractivity (Wildman–Crippen MR) is 101 cm³/mol. The Morgan fingerprint density at radius 3 is 1.09 bits per heavy atom. The van der Waals surface area contributed by atoms with E-state index in [4.69, 9.17) is 0 Å². The molecule has 1 nitrogen and oxygen atoms in total. The molecule has 0 N–H and O–H groups in total. The van der Waals surface area contributed by atoms with Crippen LogP contribution in [0, 0.1) is 0 Å². The minimum Gasteiger partial charge on any atom is -0.394 e. The monoisotopic (exact) mass is 293 g/mol. The molecule has 0 aliphatic carbocycles. The molecule has 2 aromatic carbocycles. The average Bonchev–Trinajstić information content (AvgIpc) is 2.45. The van der Waals surface area contributed by atoms with E-state index in [1.54, 1.807) is 0 Å². The molecule has 0 aliphatic rings. The molecule has 2 heteroatoms. The summed E-state index contributed by atoms with van der Waals surface area (Å²) >= 11 is 0. The summed E-state index contributed by atoms with van der Waals surface area (Å²) in [5.74, 6) is 0. The molecule has 0 unspecified atom stereocenters. The van der Waals surface area contributed by atoms with E-state index in [0.29, 0.717) is 0 Å². The molecule has 0 aliphatic heterocycles. The van der Waals surface area contributed by atoms with Crippen molar-refractivity contribution >= 4 is 19.4 Å². The highest BCUT2D eigenvalue weighted by atomic mass is 15.0. The maximum Gasteiger partial charge on any atom is 0.223 e. The molecule has 0 aromatic heterocycles. The van der Waals surface area contributed by atoms with Crippen LogP contribution in [0.15, 0.2) is 48.5 Å². The molecule has 0 bridgehead atoms. The third-order valence-corrected chi connectivity index (χ3v) is 4.24. The van der Waals surface area contributed by atoms with Gasteiger partial charge in [-0.2, -0.15) is 0 Å². The Bertz CT molecular complexity index is 555. The fourth-order valence-corrected chi connectivity index (χ4v) is 2.52. The standard InChI is InChI=1S/C20H28BN/c1-19(2,3)15-7-11-17(12-8-15)22(21)18-13-9-16(10-14-18)20(4,5)6/h7-14H,21H2,1-6H3. The summed E-state index contributed by atoms with van der Waals surface area (Å²) in [6, 6.07) is 17.8. The van der Waals surface area contributed by atoms with Crippen molar-refractivity contribution in [1.82, 2.24) is 0 Å². The van der Waals surface area contributed by atoms with Gasteiger partial charge in [0, 0.05) is 11.4 Å². The van der Waals surface area contributed by atoms with Gasteiger partial charge < -0.3 is 4.81 Å². The highest BCUT2D eigenvalue weighted by Gasteiger charge is 2.15. The van der Waals surface area contributed by atoms with E-state index >= 15 is 0 Å². The predicted octanol–water partition coefficient (Wildman–Crippen LogP) is 4.97. The van der Waals surface area contributed by atoms with E-state index in [0.717, 1.165) is 0 Å². The van der Waals surface area contributed by atoms with Crippen LogP contribution in [0.2, 0.25) is 0 Å². The Kier molecular flexibility index (Phi) is 4.42. The average molecular weight is 293 g/mol. The number of hydrogen-bond acceptors (Lipinski definition) is 1. The number of benzene rings is 2. The lowest BCUT2D eigenvalue weighted by molar-refractivity contribution is 0.590. The van der Waals surface area contributed by atoms with Crippen LogP contribution in [0.3, 0.4) is 0 Å². The van der Waals surface area contributed by atoms with Crippen LogP contribution >= 0.6 is 0 Å². The molecule has 0 amide bonds. The van der Waals surface area contributed by atoms with Gasteiger partial charge in [-0.05, 0) is 46.2 Å². The molecule has 2 rings (SSSR count). The van der Waals surface area contributed by atoms with Crippen LogP contribution in [-0.4, -0.2) is 7.98 Å². The van der Waals surface area contributed by atoms with Crippen molar-refractivity contribution in [2.75, 3.05) is 4.81 Å². The first-order valence-electron chi connectivity index (χ1n) is 8.04. The van der Waals surface area contributed by atoms with Gasteiger partial charge in [-0.25, -0.2) is 0 Å². The fourth-order valence-electron chi connectivity index (χ4n) is 2.52. The second kappa shape index (κ2) is 5.83. The molecule has 0 atom stereocenters. The minimum atomic E-state index is 0.200. The van der Waals surface area contributed by atoms with E-state index < -0.39 is 0 Å². The number of anilines is 2. The summed E-state index contributed by atoms with van der Waals surface area (Å²) in [5, 5.41) is 0. The van der Waals surface area contributed by atoms with Crippen molar-refractivity contribution in [1.29, 1.82) is 0 Å². The molecule has 2 aromatic rings. The molecule has 0 radical (unpaired) electrons. The Morgan fingerprint density at radius 1 is 0.591 bits per heavy atom. The van der Waals surface area contributed by atoms with Crippen LogP contribution in [-0.2, 0) is 10.8 Å². The smallest absolute Gasteiger partial charge is 0.223 e. The van der Waals surface area contributed by atoms with Gasteiger partial charge in [-0.1, -0.05) is 65.8 Å². The zero-order chi connectivity index (χ0) is 16.5. The van der Waals surface area contributed by atoms with Gasteiger partial charge in [-0.15, -0.1) is 0 Å². The second-order valence-corrected chi connectivity index (χ2v) is 8.15. The van der Waals surface area contributed by atoms with Gasteiger partial charge in [0.2, 0.25) is 7.98 Å². The van der Waals surface area contributed by atoms with Crippen molar-refractivity contribution in [3.8, 4) is 0 Å². The lowest BCUT2D eigenvalue weighted by atomic mass is 9.86. The van der Waals surface area contributed by atoms with Crippen LogP contribution < -0.4 is 4.81 Å². The lowest BCUT2D eigenvalue weighted by Crippen LogP contribution is -2.15. The maximum absolute atomic E-state index is 2.25. The van der Waals surface area contributed by atoms with Gasteiger partial charge in [0.25, 0.3) is 0 Å². The molecular formula is C20H28BN. The second-order valence-electron chi connectivity index (χ2n) is 8.15. The van der Waals surface area contributed by atoms with Crippen LogP contribution in [0.25, 0.3) is 0 Å². The van der Waals surface area contributed by atoms with Gasteiger partial charge in [0.1, 0.15) is 0 Å². The highest BCUT2D eigenvalue weighted by Crippen LogP contribution is 2.29. The lowest BCUT2D eigenvalue weighted by Gasteiger charge is -2.25. The van der Waals surface area contributed by atoms with Crippen molar-refractivity contribution in [2.24, 2.45) is 0 Å². The summed E-state index contributed by atoms with van der Waals surface area (Å²) in [5.41, 5.74) is 5.57. The minimum absolute atomic E-state index is 0.200. The fraction of sp³-hybridized carbons (Fsp3) is 0.400. The van der Waals surface area contributed by atoms with Crippen LogP contribution in [0.1, 0.15) is 52.7 Å². The third-order valence-electron chi connectivity index (χ3n) is 4.24. The van der Waals surface area contributed by atoms with Crippen LogP contribution in [0.5, 0.6) is 0 Å². The molecule has 0 heterocycles. The van der Waals surface area contributed by atoms with E-state index in [-0.39, 0.29) is 10.8 Å². The van der Waals surface area contributed by atoms with E-state index in [2.05, 4.69) is 103 Å². The van der Waals surface area contributed by atoms with E-state index in [9.17, 15) is 0 Å². The zero-order valence-corrected chi connectivity index (χ0v) is 15.1.